The van der Waals surface area contributed by atoms with Crippen LogP contribution < -0.4 is 16.0 Å². The molecule has 3 N–H and O–H groups in total. The van der Waals surface area contributed by atoms with E-state index in [2.05, 4.69) is 5.32 Å². The highest BCUT2D eigenvalue weighted by molar-refractivity contribution is 7.80. The Balaban J connectivity index is 2.06. The van der Waals surface area contributed by atoms with Gasteiger partial charge in [0.15, 0.2) is 11.3 Å². The van der Waals surface area contributed by atoms with Gasteiger partial charge in [-0.05, 0) is 49.5 Å². The molecule has 1 amide bonds. The second kappa shape index (κ2) is 8.13. The molecule has 0 saturated carbocycles. The van der Waals surface area contributed by atoms with Gasteiger partial charge in [-0.25, -0.2) is 4.39 Å². The highest BCUT2D eigenvalue weighted by atomic mass is 32.1. The summed E-state index contributed by atoms with van der Waals surface area (Å²) in [4.78, 5) is 12.0. The molecule has 138 valence electrons. The van der Waals surface area contributed by atoms with Gasteiger partial charge >= 0.3 is 6.18 Å². The number of hydrogen-bond donors (Lipinski definition) is 3. The lowest BCUT2D eigenvalue weighted by atomic mass is 10.1. The summed E-state index contributed by atoms with van der Waals surface area (Å²) < 4.78 is 52.7. The van der Waals surface area contributed by atoms with Gasteiger partial charge in [0.1, 0.15) is 5.82 Å². The first-order valence-electron chi connectivity index (χ1n) is 7.42. The maximum atomic E-state index is 13.2. The number of nitrogens with one attached hydrogen (secondary N) is 3. The van der Waals surface area contributed by atoms with Gasteiger partial charge in [0.25, 0.3) is 5.91 Å². The van der Waals surface area contributed by atoms with Crippen molar-refractivity contribution in [3.05, 3.63) is 65.5 Å². The molecule has 0 fully saturated rings. The Kier molecular flexibility index (Phi) is 6.14. The molecule has 4 nitrogen and oxygen atoms in total. The predicted molar refractivity (Wildman–Crippen MR) is 94.2 cm³/mol. The molecular formula is C17H15F4N3OS. The molecule has 26 heavy (non-hydrogen) atoms. The maximum absolute atomic E-state index is 13.2. The summed E-state index contributed by atoms with van der Waals surface area (Å²) >= 11 is 4.82. The Labute approximate surface area is 152 Å². The lowest BCUT2D eigenvalue weighted by Gasteiger charge is -2.24. The number of alkyl halides is 3. The monoisotopic (exact) mass is 385 g/mol. The van der Waals surface area contributed by atoms with E-state index < -0.39 is 29.2 Å². The molecule has 2 aromatic carbocycles. The standard InChI is InChI=1S/C17H15F4N3OS/c1-10-5-7-11(8-6-10)14(25)23-15(17(19,20)21)24-16(26)22-13-4-2-3-12(18)9-13/h2-9,15H,1H3,(H,23,25)(H2,22,24,26). The summed E-state index contributed by atoms with van der Waals surface area (Å²) in [6.45, 7) is 1.79. The van der Waals surface area contributed by atoms with Crippen LogP contribution in [0.15, 0.2) is 48.5 Å². The molecule has 0 saturated heterocycles. The van der Waals surface area contributed by atoms with Crippen LogP contribution in [0.4, 0.5) is 23.2 Å². The number of benzene rings is 2. The number of rotatable bonds is 4. The van der Waals surface area contributed by atoms with E-state index in [1.54, 1.807) is 19.1 Å². The summed E-state index contributed by atoms with van der Waals surface area (Å²) in [7, 11) is 0. The second-order valence-corrected chi connectivity index (χ2v) is 5.83. The van der Waals surface area contributed by atoms with Crippen molar-refractivity contribution in [2.45, 2.75) is 19.3 Å². The van der Waals surface area contributed by atoms with Crippen LogP contribution in [0.5, 0.6) is 0 Å². The average molecular weight is 385 g/mol. The second-order valence-electron chi connectivity index (χ2n) is 5.42. The first-order chi connectivity index (χ1) is 12.1. The zero-order chi connectivity index (χ0) is 19.3. The van der Waals surface area contributed by atoms with Gasteiger partial charge in [-0.3, -0.25) is 4.79 Å². The molecule has 0 aliphatic heterocycles. The number of anilines is 1. The molecule has 2 aromatic rings. The topological polar surface area (TPSA) is 53.2 Å². The first-order valence-corrected chi connectivity index (χ1v) is 7.83. The van der Waals surface area contributed by atoms with E-state index in [1.807, 2.05) is 10.6 Å². The van der Waals surface area contributed by atoms with E-state index in [9.17, 15) is 22.4 Å². The number of carbonyl (C=O) groups excluding carboxylic acids is 1. The van der Waals surface area contributed by atoms with Crippen LogP contribution in [0.1, 0.15) is 15.9 Å². The molecule has 2 rings (SSSR count). The Bertz CT molecular complexity index is 793. The van der Waals surface area contributed by atoms with Gasteiger partial charge in [0.2, 0.25) is 0 Å². The van der Waals surface area contributed by atoms with Crippen molar-refractivity contribution in [3.8, 4) is 0 Å². The van der Waals surface area contributed by atoms with E-state index in [-0.39, 0.29) is 11.3 Å². The minimum atomic E-state index is -4.80. The predicted octanol–water partition coefficient (Wildman–Crippen LogP) is 3.74. The highest BCUT2D eigenvalue weighted by Gasteiger charge is 2.41. The summed E-state index contributed by atoms with van der Waals surface area (Å²) in [5.41, 5.74) is 1.12. The summed E-state index contributed by atoms with van der Waals surface area (Å²) in [5.74, 6) is -1.48. The fraction of sp³-hybridized carbons (Fsp3) is 0.176. The number of thiocarbonyl (C=S) groups is 1. The number of aryl methyl sites for hydroxylation is 1. The average Bonchev–Trinajstić information content (AvgIpc) is 2.53. The van der Waals surface area contributed by atoms with Crippen LogP contribution >= 0.6 is 12.2 Å². The van der Waals surface area contributed by atoms with Gasteiger partial charge in [-0.1, -0.05) is 23.8 Å². The van der Waals surface area contributed by atoms with Gasteiger partial charge in [-0.15, -0.1) is 0 Å². The summed E-state index contributed by atoms with van der Waals surface area (Å²) in [5, 5.41) is 5.84. The fourth-order valence-electron chi connectivity index (χ4n) is 1.98. The van der Waals surface area contributed by atoms with Crippen LogP contribution in [0.2, 0.25) is 0 Å². The minimum Gasteiger partial charge on any atom is -0.335 e. The molecule has 0 aliphatic rings. The lowest BCUT2D eigenvalue weighted by molar-refractivity contribution is -0.156. The third-order valence-corrected chi connectivity index (χ3v) is 3.49. The molecule has 9 heteroatoms. The quantitative estimate of drug-likeness (QED) is 0.426. The van der Waals surface area contributed by atoms with Gasteiger partial charge < -0.3 is 16.0 Å². The van der Waals surface area contributed by atoms with Crippen molar-refractivity contribution in [2.75, 3.05) is 5.32 Å². The maximum Gasteiger partial charge on any atom is 0.427 e. The summed E-state index contributed by atoms with van der Waals surface area (Å²) in [6, 6.07) is 11.1. The van der Waals surface area contributed by atoms with E-state index in [1.165, 1.54) is 30.3 Å². The lowest BCUT2D eigenvalue weighted by Crippen LogP contribution is -2.57. The Morgan fingerprint density at radius 3 is 2.31 bits per heavy atom. The van der Waals surface area contributed by atoms with E-state index in [0.29, 0.717) is 0 Å². The van der Waals surface area contributed by atoms with E-state index in [0.717, 1.165) is 11.6 Å². The molecule has 0 aliphatic carbocycles. The molecule has 0 radical (unpaired) electrons. The fourth-order valence-corrected chi connectivity index (χ4v) is 2.22. The van der Waals surface area contributed by atoms with Gasteiger partial charge in [0.05, 0.1) is 0 Å². The van der Waals surface area contributed by atoms with Crippen LogP contribution in [0.3, 0.4) is 0 Å². The Morgan fingerprint density at radius 2 is 1.73 bits per heavy atom. The van der Waals surface area contributed by atoms with Crippen molar-refractivity contribution in [2.24, 2.45) is 0 Å². The number of hydrogen-bond acceptors (Lipinski definition) is 2. The zero-order valence-corrected chi connectivity index (χ0v) is 14.3. The SMILES string of the molecule is Cc1ccc(C(=O)NC(NC(=S)Nc2cccc(F)c2)C(F)(F)F)cc1. The molecule has 0 bridgehead atoms. The largest absolute Gasteiger partial charge is 0.427 e. The van der Waals surface area contributed by atoms with E-state index in [4.69, 9.17) is 12.2 Å². The van der Waals surface area contributed by atoms with Crippen molar-refractivity contribution < 1.29 is 22.4 Å². The first kappa shape index (κ1) is 19.6. The van der Waals surface area contributed by atoms with Crippen molar-refractivity contribution in [3.63, 3.8) is 0 Å². The Morgan fingerprint density at radius 1 is 1.08 bits per heavy atom. The molecular weight excluding hydrogens is 370 g/mol. The third kappa shape index (κ3) is 5.69. The molecule has 0 aromatic heterocycles. The van der Waals surface area contributed by atoms with Crippen LogP contribution in [-0.4, -0.2) is 23.4 Å². The van der Waals surface area contributed by atoms with Crippen LogP contribution in [-0.2, 0) is 0 Å². The van der Waals surface area contributed by atoms with Crippen LogP contribution in [0, 0.1) is 12.7 Å². The number of halogens is 4. The molecule has 0 spiro atoms. The Hall–Kier alpha value is -2.68. The van der Waals surface area contributed by atoms with Crippen molar-refractivity contribution in [1.82, 2.24) is 10.6 Å². The number of carbonyl (C=O) groups is 1. The van der Waals surface area contributed by atoms with Gasteiger partial charge in [-0.2, -0.15) is 13.2 Å². The summed E-state index contributed by atoms with van der Waals surface area (Å²) in [6.07, 6.45) is -7.21. The number of amides is 1. The zero-order valence-electron chi connectivity index (χ0n) is 13.5. The van der Waals surface area contributed by atoms with Crippen LogP contribution in [0.25, 0.3) is 0 Å². The highest BCUT2D eigenvalue weighted by Crippen LogP contribution is 2.19. The normalized spacial score (nSPS) is 12.2. The third-order valence-electron chi connectivity index (χ3n) is 3.27. The molecule has 0 heterocycles. The van der Waals surface area contributed by atoms with Crippen molar-refractivity contribution >= 4 is 28.9 Å². The van der Waals surface area contributed by atoms with Gasteiger partial charge in [0, 0.05) is 11.3 Å². The minimum absolute atomic E-state index is 0.0793. The van der Waals surface area contributed by atoms with E-state index >= 15 is 0 Å². The van der Waals surface area contributed by atoms with Crippen molar-refractivity contribution in [1.29, 1.82) is 0 Å². The molecule has 1 unspecified atom stereocenters. The smallest absolute Gasteiger partial charge is 0.335 e. The molecule has 1 atom stereocenters.